The van der Waals surface area contributed by atoms with E-state index < -0.39 is 0 Å². The molecule has 0 radical (unpaired) electrons. The third-order valence-electron chi connectivity index (χ3n) is 1.95. The van der Waals surface area contributed by atoms with Crippen molar-refractivity contribution >= 4 is 55.8 Å². The number of hydrogen-bond donors (Lipinski definition) is 5. The van der Waals surface area contributed by atoms with Crippen LogP contribution in [0.1, 0.15) is 19.8 Å². The fourth-order valence-electron chi connectivity index (χ4n) is 0.791. The molecule has 23 heavy (non-hydrogen) atoms. The average molecular weight is 423 g/mol. The lowest BCUT2D eigenvalue weighted by molar-refractivity contribution is 0.873. The van der Waals surface area contributed by atoms with Gasteiger partial charge in [-0.2, -0.15) is 12.6 Å². The molecule has 0 atom stereocenters. The molecule has 9 heteroatoms. The molecule has 0 aliphatic carbocycles. The van der Waals surface area contributed by atoms with Crippen LogP contribution in [-0.2, 0) is 0 Å². The van der Waals surface area contributed by atoms with E-state index in [9.17, 15) is 0 Å². The zero-order valence-corrected chi connectivity index (χ0v) is 19.2. The summed E-state index contributed by atoms with van der Waals surface area (Å²) in [6.45, 7) is 5.90. The van der Waals surface area contributed by atoms with E-state index in [0.717, 1.165) is 43.4 Å². The van der Waals surface area contributed by atoms with Gasteiger partial charge in [0.15, 0.2) is 0 Å². The molecule has 0 aromatic rings. The quantitative estimate of drug-likeness (QED) is 0.166. The normalized spacial score (nSPS) is 9.65. The van der Waals surface area contributed by atoms with Crippen LogP contribution >= 0.6 is 55.8 Å². The summed E-state index contributed by atoms with van der Waals surface area (Å²) in [6.07, 6.45) is 2.68. The number of nitrogens with one attached hydrogen (secondary N) is 2. The maximum atomic E-state index is 5.25. The van der Waals surface area contributed by atoms with Crippen molar-refractivity contribution < 1.29 is 0 Å². The number of nitrogens with two attached hydrogens (primary N) is 2. The van der Waals surface area contributed by atoms with Crippen molar-refractivity contribution in [2.24, 2.45) is 11.5 Å². The van der Waals surface area contributed by atoms with Crippen LogP contribution in [0.4, 0.5) is 0 Å². The van der Waals surface area contributed by atoms with Gasteiger partial charge in [-0.25, -0.2) is 0 Å². The number of thiol groups is 1. The van der Waals surface area contributed by atoms with Crippen LogP contribution < -0.4 is 22.1 Å². The van der Waals surface area contributed by atoms with Crippen LogP contribution in [0.2, 0.25) is 0 Å². The first-order valence-corrected chi connectivity index (χ1v) is 13.6. The summed E-state index contributed by atoms with van der Waals surface area (Å²) < 4.78 is 0. The molecular weight excluding hydrogens is 385 g/mol. The van der Waals surface area contributed by atoms with E-state index in [1.807, 2.05) is 35.7 Å². The first-order valence-electron chi connectivity index (χ1n) is 8.03. The highest BCUT2D eigenvalue weighted by Gasteiger charge is 1.87. The van der Waals surface area contributed by atoms with E-state index in [1.165, 1.54) is 24.3 Å². The Bertz CT molecular complexity index is 154. The largest absolute Gasteiger partial charge is 0.330 e. The molecule has 0 saturated carbocycles. The monoisotopic (exact) mass is 422 g/mol. The molecule has 0 spiro atoms. The summed E-state index contributed by atoms with van der Waals surface area (Å²) in [7, 11) is 11.5. The molecule has 0 rings (SSSR count). The van der Waals surface area contributed by atoms with Gasteiger partial charge in [0.2, 0.25) is 0 Å². The highest BCUT2D eigenvalue weighted by atomic mass is 33.1. The van der Waals surface area contributed by atoms with Crippen molar-refractivity contribution in [2.75, 3.05) is 69.0 Å². The van der Waals surface area contributed by atoms with Gasteiger partial charge in [-0.3, -0.25) is 0 Å². The SMILES string of the molecule is CCCCSSCCNC.CNCCS.NCCSSCCN. The molecule has 0 bridgehead atoms. The summed E-state index contributed by atoms with van der Waals surface area (Å²) in [6, 6.07) is 0. The highest BCUT2D eigenvalue weighted by molar-refractivity contribution is 8.77. The molecule has 0 amide bonds. The first-order chi connectivity index (χ1) is 11.2. The van der Waals surface area contributed by atoms with E-state index >= 15 is 0 Å². The molecular formula is C14H38N4S5. The van der Waals surface area contributed by atoms with Crippen molar-refractivity contribution in [3.05, 3.63) is 0 Å². The van der Waals surface area contributed by atoms with Gasteiger partial charge in [-0.05, 0) is 20.5 Å². The lowest BCUT2D eigenvalue weighted by Crippen LogP contribution is -2.08. The summed E-state index contributed by atoms with van der Waals surface area (Å²) in [5, 5.41) is 6.07. The molecule has 144 valence electrons. The van der Waals surface area contributed by atoms with E-state index in [0.29, 0.717) is 0 Å². The summed E-state index contributed by atoms with van der Waals surface area (Å²) in [4.78, 5) is 0. The van der Waals surface area contributed by atoms with Gasteiger partial charge in [0.25, 0.3) is 0 Å². The number of hydrogen-bond acceptors (Lipinski definition) is 9. The molecule has 0 aromatic heterocycles. The van der Waals surface area contributed by atoms with Gasteiger partial charge in [0.05, 0.1) is 0 Å². The van der Waals surface area contributed by atoms with Crippen LogP contribution in [0, 0.1) is 0 Å². The second-order valence-corrected chi connectivity index (χ2v) is 10.0. The van der Waals surface area contributed by atoms with Gasteiger partial charge >= 0.3 is 0 Å². The fourth-order valence-corrected chi connectivity index (χ4v) is 4.97. The Hall–Kier alpha value is 1.59. The predicted octanol–water partition coefficient (Wildman–Crippen LogP) is 2.81. The molecule has 0 saturated heterocycles. The zero-order chi connectivity index (χ0) is 18.0. The van der Waals surface area contributed by atoms with Gasteiger partial charge in [0.1, 0.15) is 0 Å². The van der Waals surface area contributed by atoms with Gasteiger partial charge in [-0.15, -0.1) is 0 Å². The summed E-state index contributed by atoms with van der Waals surface area (Å²) in [5.74, 6) is 5.53. The van der Waals surface area contributed by atoms with Crippen LogP contribution in [-0.4, -0.2) is 69.0 Å². The highest BCUT2D eigenvalue weighted by Crippen LogP contribution is 2.21. The van der Waals surface area contributed by atoms with Gasteiger partial charge in [0, 0.05) is 54.9 Å². The zero-order valence-electron chi connectivity index (χ0n) is 15.0. The van der Waals surface area contributed by atoms with E-state index in [2.05, 4.69) is 30.2 Å². The van der Waals surface area contributed by atoms with Crippen molar-refractivity contribution in [3.8, 4) is 0 Å². The Kier molecular flexibility index (Phi) is 44.5. The molecule has 0 aliphatic heterocycles. The minimum absolute atomic E-state index is 0.766. The van der Waals surface area contributed by atoms with Crippen LogP contribution in [0.15, 0.2) is 0 Å². The molecule has 6 N–H and O–H groups in total. The Morgan fingerprint density at radius 1 is 0.783 bits per heavy atom. The van der Waals surface area contributed by atoms with Crippen molar-refractivity contribution in [2.45, 2.75) is 19.8 Å². The molecule has 0 heterocycles. The average Bonchev–Trinajstić information content (AvgIpc) is 2.57. The Morgan fingerprint density at radius 2 is 1.26 bits per heavy atom. The second-order valence-electron chi connectivity index (χ2n) is 4.15. The third kappa shape index (κ3) is 45.2. The van der Waals surface area contributed by atoms with Crippen LogP contribution in [0.3, 0.4) is 0 Å². The Labute approximate surface area is 166 Å². The van der Waals surface area contributed by atoms with Crippen molar-refractivity contribution in [3.63, 3.8) is 0 Å². The Balaban J connectivity index is -0.000000276. The first kappa shape index (κ1) is 29.4. The minimum Gasteiger partial charge on any atom is -0.330 e. The summed E-state index contributed by atoms with van der Waals surface area (Å²) >= 11 is 3.94. The molecule has 0 aromatic carbocycles. The fraction of sp³-hybridized carbons (Fsp3) is 1.00. The number of rotatable bonds is 14. The van der Waals surface area contributed by atoms with Crippen molar-refractivity contribution in [1.82, 2.24) is 10.6 Å². The molecule has 0 fully saturated rings. The standard InChI is InChI=1S/C7H17NS2.C4H12N2S2.C3H9NS/c1-3-4-6-9-10-7-5-8-2;5-1-3-7-8-4-2-6;1-4-2-3-5/h8H,3-7H2,1-2H3;1-6H2;4-5H,2-3H2,1H3. The maximum absolute atomic E-state index is 5.25. The number of unbranched alkanes of at least 4 members (excludes halogenated alkanes) is 1. The summed E-state index contributed by atoms with van der Waals surface area (Å²) in [5.41, 5.74) is 10.5. The van der Waals surface area contributed by atoms with Gasteiger partial charge < -0.3 is 22.1 Å². The molecule has 4 nitrogen and oxygen atoms in total. The smallest absolute Gasteiger partial charge is 0.0162 e. The lowest BCUT2D eigenvalue weighted by atomic mass is 10.4. The third-order valence-corrected chi connectivity index (χ3v) is 7.14. The van der Waals surface area contributed by atoms with Crippen molar-refractivity contribution in [1.29, 1.82) is 0 Å². The van der Waals surface area contributed by atoms with E-state index in [4.69, 9.17) is 11.5 Å². The maximum Gasteiger partial charge on any atom is 0.0162 e. The predicted molar refractivity (Wildman–Crippen MR) is 125 cm³/mol. The second kappa shape index (κ2) is 34.8. The van der Waals surface area contributed by atoms with Crippen LogP contribution in [0.5, 0.6) is 0 Å². The molecule has 0 unspecified atom stereocenters. The van der Waals surface area contributed by atoms with E-state index in [-0.39, 0.29) is 0 Å². The lowest BCUT2D eigenvalue weighted by Gasteiger charge is -1.98. The van der Waals surface area contributed by atoms with E-state index in [1.54, 1.807) is 21.6 Å². The van der Waals surface area contributed by atoms with Crippen LogP contribution in [0.25, 0.3) is 0 Å². The van der Waals surface area contributed by atoms with Gasteiger partial charge in [-0.1, -0.05) is 56.5 Å². The molecule has 0 aliphatic rings. The topological polar surface area (TPSA) is 76.1 Å². The minimum atomic E-state index is 0.766. The Morgan fingerprint density at radius 3 is 1.61 bits per heavy atom.